The molecular weight excluding hydrogens is 192 g/mol. The van der Waals surface area contributed by atoms with Crippen molar-refractivity contribution in [3.63, 3.8) is 0 Å². The molecule has 0 amide bonds. The second-order valence-electron chi connectivity index (χ2n) is 5.73. The van der Waals surface area contributed by atoms with Gasteiger partial charge in [-0.15, -0.1) is 0 Å². The molecule has 0 saturated heterocycles. The third-order valence-electron chi connectivity index (χ3n) is 3.11. The number of rotatable bonds is 4. The Morgan fingerprint density at radius 3 is 1.94 bits per heavy atom. The van der Waals surface area contributed by atoms with Crippen molar-refractivity contribution in [2.75, 3.05) is 0 Å². The molecule has 0 bridgehead atoms. The van der Waals surface area contributed by atoms with Crippen LogP contribution in [0.3, 0.4) is 0 Å². The molecule has 1 aromatic rings. The minimum atomic E-state index is 0.271. The number of aryl methyl sites for hydroxylation is 2. The summed E-state index contributed by atoms with van der Waals surface area (Å²) < 4.78 is 0. The molecule has 0 radical (unpaired) electrons. The van der Waals surface area contributed by atoms with E-state index in [1.54, 1.807) is 11.1 Å². The smallest absolute Gasteiger partial charge is 0.0132 e. The molecule has 0 heterocycles. The van der Waals surface area contributed by atoms with Crippen molar-refractivity contribution >= 4 is 0 Å². The number of hydrogen-bond donors (Lipinski definition) is 0. The highest BCUT2D eigenvalue weighted by atomic mass is 14.2. The molecule has 90 valence electrons. The highest BCUT2D eigenvalue weighted by Gasteiger charge is 2.14. The van der Waals surface area contributed by atoms with Gasteiger partial charge in [-0.3, -0.25) is 0 Å². The average molecular weight is 218 g/mol. The van der Waals surface area contributed by atoms with Gasteiger partial charge < -0.3 is 0 Å². The van der Waals surface area contributed by atoms with Crippen molar-refractivity contribution in [1.82, 2.24) is 0 Å². The van der Waals surface area contributed by atoms with E-state index in [9.17, 15) is 0 Å². The van der Waals surface area contributed by atoms with Gasteiger partial charge in [0.05, 0.1) is 0 Å². The average Bonchev–Trinajstić information content (AvgIpc) is 2.19. The fraction of sp³-hybridized carbons (Fsp3) is 0.625. The number of hydrogen-bond acceptors (Lipinski definition) is 0. The van der Waals surface area contributed by atoms with E-state index in [4.69, 9.17) is 0 Å². The first-order chi connectivity index (χ1) is 7.49. The Balaban J connectivity index is 3.06. The molecule has 0 nitrogen and oxygen atoms in total. The monoisotopic (exact) mass is 218 g/mol. The second kappa shape index (κ2) is 5.52. The van der Waals surface area contributed by atoms with Crippen molar-refractivity contribution in [2.24, 2.45) is 0 Å². The summed E-state index contributed by atoms with van der Waals surface area (Å²) in [5.41, 5.74) is 4.86. The van der Waals surface area contributed by atoms with Crippen LogP contribution in [0.2, 0.25) is 0 Å². The summed E-state index contributed by atoms with van der Waals surface area (Å²) in [4.78, 5) is 0. The molecule has 0 aliphatic heterocycles. The van der Waals surface area contributed by atoms with Gasteiger partial charge in [0.2, 0.25) is 0 Å². The fourth-order valence-corrected chi connectivity index (χ4v) is 2.11. The lowest BCUT2D eigenvalue weighted by molar-refractivity contribution is 0.588. The van der Waals surface area contributed by atoms with Gasteiger partial charge in [0, 0.05) is 0 Å². The zero-order chi connectivity index (χ0) is 12.2. The van der Waals surface area contributed by atoms with E-state index in [1.165, 1.54) is 31.2 Å². The third-order valence-corrected chi connectivity index (χ3v) is 3.11. The first-order valence-electron chi connectivity index (χ1n) is 6.61. The van der Waals surface area contributed by atoms with Gasteiger partial charge >= 0.3 is 0 Å². The predicted octanol–water partition coefficient (Wildman–Crippen LogP) is 4.89. The molecule has 0 unspecified atom stereocenters. The van der Waals surface area contributed by atoms with E-state index in [1.807, 2.05) is 0 Å². The molecule has 0 atom stereocenters. The van der Waals surface area contributed by atoms with Crippen LogP contribution in [0, 0.1) is 0 Å². The van der Waals surface area contributed by atoms with Gasteiger partial charge in [0.25, 0.3) is 0 Å². The largest absolute Gasteiger partial charge is 0.0651 e. The van der Waals surface area contributed by atoms with Gasteiger partial charge in [-0.25, -0.2) is 0 Å². The summed E-state index contributed by atoms with van der Waals surface area (Å²) in [5, 5.41) is 0. The van der Waals surface area contributed by atoms with Crippen LogP contribution in [0.15, 0.2) is 18.2 Å². The summed E-state index contributed by atoms with van der Waals surface area (Å²) in [6, 6.07) is 7.08. The molecule has 1 rings (SSSR count). The Bertz CT molecular complexity index is 328. The summed E-state index contributed by atoms with van der Waals surface area (Å²) in [7, 11) is 0. The van der Waals surface area contributed by atoms with E-state index < -0.39 is 0 Å². The van der Waals surface area contributed by atoms with Gasteiger partial charge in [0.1, 0.15) is 0 Å². The molecule has 0 aliphatic carbocycles. The van der Waals surface area contributed by atoms with Crippen molar-refractivity contribution < 1.29 is 0 Å². The van der Waals surface area contributed by atoms with Crippen LogP contribution in [-0.2, 0) is 18.3 Å². The molecule has 0 saturated carbocycles. The zero-order valence-corrected chi connectivity index (χ0v) is 11.6. The Morgan fingerprint density at radius 2 is 1.44 bits per heavy atom. The van der Waals surface area contributed by atoms with Crippen LogP contribution in [0.4, 0.5) is 0 Å². The molecule has 0 heteroatoms. The van der Waals surface area contributed by atoms with Crippen molar-refractivity contribution in [3.05, 3.63) is 34.9 Å². The Morgan fingerprint density at radius 1 is 0.875 bits per heavy atom. The standard InChI is InChI=1S/C16H26/c1-6-8-13-10-11-15(16(3,4)5)12-14(13)9-7-2/h10-12H,6-9H2,1-5H3. The maximum Gasteiger partial charge on any atom is -0.0132 e. The fourth-order valence-electron chi connectivity index (χ4n) is 2.11. The molecule has 0 N–H and O–H groups in total. The third kappa shape index (κ3) is 3.37. The maximum atomic E-state index is 2.43. The summed E-state index contributed by atoms with van der Waals surface area (Å²) in [6.07, 6.45) is 4.93. The van der Waals surface area contributed by atoms with E-state index in [-0.39, 0.29) is 5.41 Å². The summed E-state index contributed by atoms with van der Waals surface area (Å²) in [5.74, 6) is 0. The minimum Gasteiger partial charge on any atom is -0.0651 e. The lowest BCUT2D eigenvalue weighted by atomic mass is 9.84. The van der Waals surface area contributed by atoms with Gasteiger partial charge in [0.15, 0.2) is 0 Å². The first-order valence-corrected chi connectivity index (χ1v) is 6.61. The van der Waals surface area contributed by atoms with Crippen molar-refractivity contribution in [2.45, 2.75) is 65.7 Å². The van der Waals surface area contributed by atoms with E-state index in [0.29, 0.717) is 0 Å². The lowest BCUT2D eigenvalue weighted by Crippen LogP contribution is -2.12. The first kappa shape index (κ1) is 13.3. The maximum absolute atomic E-state index is 2.43. The predicted molar refractivity (Wildman–Crippen MR) is 73.1 cm³/mol. The highest BCUT2D eigenvalue weighted by Crippen LogP contribution is 2.25. The molecular formula is C16H26. The van der Waals surface area contributed by atoms with Crippen LogP contribution >= 0.6 is 0 Å². The highest BCUT2D eigenvalue weighted by molar-refractivity contribution is 5.35. The van der Waals surface area contributed by atoms with Crippen LogP contribution in [0.5, 0.6) is 0 Å². The Kier molecular flexibility index (Phi) is 4.58. The van der Waals surface area contributed by atoms with Crippen LogP contribution in [-0.4, -0.2) is 0 Å². The summed E-state index contributed by atoms with van der Waals surface area (Å²) in [6.45, 7) is 11.4. The Labute approximate surface area is 101 Å². The van der Waals surface area contributed by atoms with Crippen LogP contribution in [0.25, 0.3) is 0 Å². The molecule has 0 spiro atoms. The number of benzene rings is 1. The molecule has 0 aromatic heterocycles. The Hall–Kier alpha value is -0.780. The van der Waals surface area contributed by atoms with Gasteiger partial charge in [-0.05, 0) is 34.9 Å². The van der Waals surface area contributed by atoms with Crippen LogP contribution in [0.1, 0.15) is 64.2 Å². The quantitative estimate of drug-likeness (QED) is 0.675. The van der Waals surface area contributed by atoms with Gasteiger partial charge in [-0.1, -0.05) is 65.7 Å². The SMILES string of the molecule is CCCc1ccc(C(C)(C)C)cc1CCC. The molecule has 16 heavy (non-hydrogen) atoms. The molecule has 0 fully saturated rings. The molecule has 0 aliphatic rings. The molecule has 1 aromatic carbocycles. The van der Waals surface area contributed by atoms with E-state index >= 15 is 0 Å². The normalized spacial score (nSPS) is 11.8. The summed E-state index contributed by atoms with van der Waals surface area (Å²) >= 11 is 0. The van der Waals surface area contributed by atoms with E-state index in [0.717, 1.165) is 0 Å². The topological polar surface area (TPSA) is 0 Å². The minimum absolute atomic E-state index is 0.271. The van der Waals surface area contributed by atoms with Crippen molar-refractivity contribution in [3.8, 4) is 0 Å². The van der Waals surface area contributed by atoms with Crippen molar-refractivity contribution in [1.29, 1.82) is 0 Å². The van der Waals surface area contributed by atoms with Crippen LogP contribution < -0.4 is 0 Å². The van der Waals surface area contributed by atoms with Gasteiger partial charge in [-0.2, -0.15) is 0 Å². The zero-order valence-electron chi connectivity index (χ0n) is 11.6. The van der Waals surface area contributed by atoms with E-state index in [2.05, 4.69) is 52.8 Å². The second-order valence-corrected chi connectivity index (χ2v) is 5.73. The lowest BCUT2D eigenvalue weighted by Gasteiger charge is -2.21.